The highest BCUT2D eigenvalue weighted by Gasteiger charge is 2.18. The van der Waals surface area contributed by atoms with Gasteiger partial charge in [0.25, 0.3) is 0 Å². The monoisotopic (exact) mass is 336 g/mol. The first-order chi connectivity index (χ1) is 10.1. The third kappa shape index (κ3) is 5.26. The van der Waals surface area contributed by atoms with Crippen molar-refractivity contribution in [3.63, 3.8) is 0 Å². The van der Waals surface area contributed by atoms with Crippen LogP contribution >= 0.6 is 12.4 Å². The van der Waals surface area contributed by atoms with Gasteiger partial charge in [-0.1, -0.05) is 6.07 Å². The molecule has 4 nitrogen and oxygen atoms in total. The van der Waals surface area contributed by atoms with Crippen molar-refractivity contribution in [1.29, 1.82) is 0 Å². The van der Waals surface area contributed by atoms with Crippen LogP contribution in [-0.4, -0.2) is 44.8 Å². The minimum atomic E-state index is -2.85. The lowest BCUT2D eigenvalue weighted by Gasteiger charge is -2.31. The number of nitrogens with zero attached hydrogens (tertiary/aromatic N) is 1. The first-order valence-electron chi connectivity index (χ1n) is 7.13. The van der Waals surface area contributed by atoms with Crippen molar-refractivity contribution in [3.05, 3.63) is 23.8 Å². The zero-order valence-electron chi connectivity index (χ0n) is 12.9. The molecule has 0 amide bonds. The topological polar surface area (TPSA) is 33.7 Å². The van der Waals surface area contributed by atoms with E-state index >= 15 is 0 Å². The minimum absolute atomic E-state index is 0. The molecule has 0 aliphatic carbocycles. The van der Waals surface area contributed by atoms with Crippen molar-refractivity contribution >= 4 is 12.4 Å². The highest BCUT2D eigenvalue weighted by atomic mass is 35.5. The number of hydrogen-bond donors (Lipinski definition) is 1. The Hall–Kier alpha value is -1.11. The molecule has 0 radical (unpaired) electrons. The lowest BCUT2D eigenvalue weighted by atomic mass is 10.0. The smallest absolute Gasteiger partial charge is 0.387 e. The van der Waals surface area contributed by atoms with Crippen LogP contribution < -0.4 is 14.8 Å². The van der Waals surface area contributed by atoms with Gasteiger partial charge in [-0.3, -0.25) is 4.90 Å². The summed E-state index contributed by atoms with van der Waals surface area (Å²) >= 11 is 0. The molecule has 126 valence electrons. The SMILES string of the molecule is CNC1CCN(Cc2ccc(OC)c(OC(F)F)c2)CC1.Cl. The number of likely N-dealkylation sites (tertiary alicyclic amines) is 1. The molecule has 0 unspecified atom stereocenters. The average Bonchev–Trinajstić information content (AvgIpc) is 2.48. The number of rotatable bonds is 6. The Bertz CT molecular complexity index is 455. The molecule has 0 spiro atoms. The maximum Gasteiger partial charge on any atom is 0.387 e. The van der Waals surface area contributed by atoms with Crippen molar-refractivity contribution in [2.24, 2.45) is 0 Å². The van der Waals surface area contributed by atoms with Crippen LogP contribution in [0.3, 0.4) is 0 Å². The minimum Gasteiger partial charge on any atom is -0.493 e. The second kappa shape index (κ2) is 9.12. The van der Waals surface area contributed by atoms with E-state index in [1.54, 1.807) is 12.1 Å². The standard InChI is InChI=1S/C15H22F2N2O2.ClH/c1-18-12-5-7-19(8-6-12)10-11-3-4-13(20-2)14(9-11)21-15(16)17;/h3-4,9,12,15,18H,5-8,10H2,1-2H3;1H. The predicted octanol–water partition coefficient (Wildman–Crippen LogP) is 2.90. The van der Waals surface area contributed by atoms with Crippen LogP contribution in [0.1, 0.15) is 18.4 Å². The summed E-state index contributed by atoms with van der Waals surface area (Å²) in [6.45, 7) is -0.105. The van der Waals surface area contributed by atoms with Crippen molar-refractivity contribution in [2.75, 3.05) is 27.2 Å². The summed E-state index contributed by atoms with van der Waals surface area (Å²) < 4.78 is 34.4. The van der Waals surface area contributed by atoms with Crippen LogP contribution in [0.4, 0.5) is 8.78 Å². The van der Waals surface area contributed by atoms with Gasteiger partial charge in [-0.15, -0.1) is 12.4 Å². The second-order valence-corrected chi connectivity index (χ2v) is 5.20. The Kier molecular flexibility index (Phi) is 7.85. The molecular formula is C15H23ClF2N2O2. The second-order valence-electron chi connectivity index (χ2n) is 5.20. The van der Waals surface area contributed by atoms with Gasteiger partial charge < -0.3 is 14.8 Å². The summed E-state index contributed by atoms with van der Waals surface area (Å²) in [6.07, 6.45) is 2.21. The molecule has 0 aromatic heterocycles. The Labute approximate surface area is 136 Å². The molecule has 7 heteroatoms. The Balaban J connectivity index is 0.00000242. The molecule has 1 heterocycles. The van der Waals surface area contributed by atoms with Gasteiger partial charge in [-0.25, -0.2) is 0 Å². The molecule has 1 N–H and O–H groups in total. The van der Waals surface area contributed by atoms with Crippen LogP contribution in [0, 0.1) is 0 Å². The molecule has 1 fully saturated rings. The van der Waals surface area contributed by atoms with Crippen LogP contribution in [-0.2, 0) is 6.54 Å². The maximum atomic E-state index is 12.4. The van der Waals surface area contributed by atoms with Crippen LogP contribution in [0.2, 0.25) is 0 Å². The molecule has 1 aliphatic rings. The lowest BCUT2D eigenvalue weighted by Crippen LogP contribution is -2.40. The molecule has 1 aromatic carbocycles. The van der Waals surface area contributed by atoms with Crippen molar-refractivity contribution in [1.82, 2.24) is 10.2 Å². The fourth-order valence-corrected chi connectivity index (χ4v) is 2.65. The molecule has 1 aromatic rings. The van der Waals surface area contributed by atoms with E-state index < -0.39 is 6.61 Å². The van der Waals surface area contributed by atoms with Gasteiger partial charge in [0, 0.05) is 12.6 Å². The Morgan fingerprint density at radius 2 is 1.95 bits per heavy atom. The van der Waals surface area contributed by atoms with Crippen LogP contribution in [0.25, 0.3) is 0 Å². The predicted molar refractivity (Wildman–Crippen MR) is 84.2 cm³/mol. The number of halogens is 3. The number of ether oxygens (including phenoxy) is 2. The van der Waals surface area contributed by atoms with Crippen molar-refractivity contribution < 1.29 is 18.3 Å². The number of nitrogens with one attached hydrogen (secondary N) is 1. The quantitative estimate of drug-likeness (QED) is 0.866. The summed E-state index contributed by atoms with van der Waals surface area (Å²) in [5.41, 5.74) is 0.953. The first kappa shape index (κ1) is 18.9. The highest BCUT2D eigenvalue weighted by Crippen LogP contribution is 2.30. The van der Waals surface area contributed by atoms with Gasteiger partial charge in [0.2, 0.25) is 0 Å². The van der Waals surface area contributed by atoms with E-state index in [-0.39, 0.29) is 18.2 Å². The third-order valence-electron chi connectivity index (χ3n) is 3.85. The molecule has 2 rings (SSSR count). The number of benzene rings is 1. The average molecular weight is 337 g/mol. The lowest BCUT2D eigenvalue weighted by molar-refractivity contribution is -0.0512. The van der Waals surface area contributed by atoms with E-state index in [1.807, 2.05) is 13.1 Å². The number of hydrogen-bond acceptors (Lipinski definition) is 4. The fraction of sp³-hybridized carbons (Fsp3) is 0.600. The van der Waals surface area contributed by atoms with Crippen LogP contribution in [0.5, 0.6) is 11.5 Å². The summed E-state index contributed by atoms with van der Waals surface area (Å²) in [6, 6.07) is 5.78. The summed E-state index contributed by atoms with van der Waals surface area (Å²) in [4.78, 5) is 2.32. The molecular weight excluding hydrogens is 314 g/mol. The van der Waals surface area contributed by atoms with Gasteiger partial charge in [-0.05, 0) is 50.7 Å². The number of alkyl halides is 2. The molecule has 22 heavy (non-hydrogen) atoms. The van der Waals surface area contributed by atoms with Gasteiger partial charge in [0.1, 0.15) is 0 Å². The summed E-state index contributed by atoms with van der Waals surface area (Å²) in [5.74, 6) is 0.419. The van der Waals surface area contributed by atoms with Gasteiger partial charge in [0.05, 0.1) is 7.11 Å². The number of methoxy groups -OCH3 is 1. The van der Waals surface area contributed by atoms with Gasteiger partial charge >= 0.3 is 6.61 Å². The van der Waals surface area contributed by atoms with E-state index in [2.05, 4.69) is 15.0 Å². The normalized spacial score (nSPS) is 16.4. The molecule has 1 saturated heterocycles. The largest absolute Gasteiger partial charge is 0.493 e. The third-order valence-corrected chi connectivity index (χ3v) is 3.85. The highest BCUT2D eigenvalue weighted by molar-refractivity contribution is 5.85. The molecule has 0 atom stereocenters. The van der Waals surface area contributed by atoms with Crippen LogP contribution in [0.15, 0.2) is 18.2 Å². The molecule has 0 saturated carbocycles. The van der Waals surface area contributed by atoms with E-state index in [9.17, 15) is 8.78 Å². The Morgan fingerprint density at radius 1 is 1.27 bits per heavy atom. The zero-order valence-corrected chi connectivity index (χ0v) is 13.7. The van der Waals surface area contributed by atoms with Crippen molar-refractivity contribution in [3.8, 4) is 11.5 Å². The van der Waals surface area contributed by atoms with Gasteiger partial charge in [-0.2, -0.15) is 8.78 Å². The number of piperidine rings is 1. The molecule has 1 aliphatic heterocycles. The zero-order chi connectivity index (χ0) is 15.2. The Morgan fingerprint density at radius 3 is 2.50 bits per heavy atom. The van der Waals surface area contributed by atoms with Crippen molar-refractivity contribution in [2.45, 2.75) is 32.0 Å². The summed E-state index contributed by atoms with van der Waals surface area (Å²) in [5, 5.41) is 3.29. The first-order valence-corrected chi connectivity index (χ1v) is 7.13. The van der Waals surface area contributed by atoms with Gasteiger partial charge in [0.15, 0.2) is 11.5 Å². The van der Waals surface area contributed by atoms with E-state index in [0.29, 0.717) is 11.8 Å². The maximum absolute atomic E-state index is 12.4. The molecule has 0 bridgehead atoms. The fourth-order valence-electron chi connectivity index (χ4n) is 2.65. The summed E-state index contributed by atoms with van der Waals surface area (Å²) in [7, 11) is 3.42. The van der Waals surface area contributed by atoms with E-state index in [1.165, 1.54) is 7.11 Å². The van der Waals surface area contributed by atoms with E-state index in [4.69, 9.17) is 4.74 Å². The van der Waals surface area contributed by atoms with E-state index in [0.717, 1.165) is 38.0 Å².